The van der Waals surface area contributed by atoms with Crippen LogP contribution in [0.4, 0.5) is 30.7 Å². The number of carbonyl (C=O) groups is 1. The van der Waals surface area contributed by atoms with Crippen LogP contribution in [0.15, 0.2) is 36.4 Å². The van der Waals surface area contributed by atoms with E-state index < -0.39 is 68.9 Å². The summed E-state index contributed by atoms with van der Waals surface area (Å²) >= 11 is 0. The van der Waals surface area contributed by atoms with E-state index >= 15 is 0 Å². The van der Waals surface area contributed by atoms with Crippen molar-refractivity contribution in [3.63, 3.8) is 0 Å². The van der Waals surface area contributed by atoms with Gasteiger partial charge >= 0.3 is 12.4 Å². The van der Waals surface area contributed by atoms with Crippen LogP contribution in [0.2, 0.25) is 0 Å². The Bertz CT molecular complexity index is 1320. The lowest BCUT2D eigenvalue weighted by Gasteiger charge is -2.39. The van der Waals surface area contributed by atoms with E-state index in [1.54, 1.807) is 6.92 Å². The number of amides is 1. The summed E-state index contributed by atoms with van der Waals surface area (Å²) < 4.78 is 121. The van der Waals surface area contributed by atoms with Crippen molar-refractivity contribution in [3.05, 3.63) is 70.0 Å². The number of piperidine rings is 1. The average Bonchev–Trinajstić information content (AvgIpc) is 3.68. The van der Waals surface area contributed by atoms with Crippen molar-refractivity contribution in [1.82, 2.24) is 9.21 Å². The number of hydrogen-bond donors (Lipinski definition) is 0. The molecular formula is C26H27F7N2O3S. The van der Waals surface area contributed by atoms with Gasteiger partial charge in [-0.3, -0.25) is 4.79 Å². The molecule has 0 unspecified atom stereocenters. The molecule has 2 fully saturated rings. The summed E-state index contributed by atoms with van der Waals surface area (Å²) in [5.74, 6) is -2.58. The molecule has 4 rings (SSSR count). The van der Waals surface area contributed by atoms with E-state index in [4.69, 9.17) is 0 Å². The maximum Gasteiger partial charge on any atom is 0.416 e. The molecule has 0 spiro atoms. The minimum Gasteiger partial charge on any atom is -0.341 e. The molecule has 13 heteroatoms. The second kappa shape index (κ2) is 10.4. The normalized spacial score (nSPS) is 21.2. The van der Waals surface area contributed by atoms with E-state index in [2.05, 4.69) is 0 Å². The Morgan fingerprint density at radius 3 is 2.08 bits per heavy atom. The number of aryl methyl sites for hydroxylation is 1. The Morgan fingerprint density at radius 2 is 1.56 bits per heavy atom. The van der Waals surface area contributed by atoms with Gasteiger partial charge in [0.1, 0.15) is 5.82 Å². The summed E-state index contributed by atoms with van der Waals surface area (Å²) in [5, 5.41) is -0.480. The van der Waals surface area contributed by atoms with Gasteiger partial charge in [0.25, 0.3) is 0 Å². The maximum atomic E-state index is 13.8. The predicted molar refractivity (Wildman–Crippen MR) is 128 cm³/mol. The van der Waals surface area contributed by atoms with Gasteiger partial charge in [0.15, 0.2) is 0 Å². The van der Waals surface area contributed by atoms with Crippen molar-refractivity contribution in [2.75, 3.05) is 20.1 Å². The first-order valence-electron chi connectivity index (χ1n) is 12.3. The SMILES string of the molecule is Cc1cc(F)ccc1[C@@H]1CN(S(=O)(=O)C2CC2)CC[C@H]1C(=O)N(C)Cc1cc(C(F)(F)F)cc(C(F)(F)F)c1. The fourth-order valence-corrected chi connectivity index (χ4v) is 7.02. The molecule has 2 aromatic rings. The van der Waals surface area contributed by atoms with Crippen molar-refractivity contribution in [2.45, 2.75) is 56.3 Å². The van der Waals surface area contributed by atoms with E-state index in [1.807, 2.05) is 0 Å². The highest BCUT2D eigenvalue weighted by Gasteiger charge is 2.46. The van der Waals surface area contributed by atoms with Crippen LogP contribution in [0.25, 0.3) is 0 Å². The Hall–Kier alpha value is -2.67. The number of alkyl halides is 6. The largest absolute Gasteiger partial charge is 0.416 e. The standard InChI is InChI=1S/C26H27F7N2O3S/c1-15-9-19(27)3-6-21(15)23-14-35(39(37,38)20-4-5-20)8-7-22(23)24(36)34(2)13-16-10-17(25(28,29)30)12-18(11-16)26(31,32)33/h3,6,9-12,20,22-23H,4-5,7-8,13-14H2,1-2H3/t22-,23+/m1/s1. The zero-order valence-corrected chi connectivity index (χ0v) is 21.9. The average molecular weight is 581 g/mol. The molecule has 1 saturated carbocycles. The zero-order valence-electron chi connectivity index (χ0n) is 21.1. The van der Waals surface area contributed by atoms with Crippen LogP contribution in [-0.2, 0) is 33.7 Å². The highest BCUT2D eigenvalue weighted by molar-refractivity contribution is 7.90. The van der Waals surface area contributed by atoms with Crippen LogP contribution >= 0.6 is 0 Å². The molecule has 1 saturated heterocycles. The quantitative estimate of drug-likeness (QED) is 0.411. The van der Waals surface area contributed by atoms with E-state index in [9.17, 15) is 43.9 Å². The summed E-state index contributed by atoms with van der Waals surface area (Å²) in [4.78, 5) is 14.6. The second-order valence-electron chi connectivity index (χ2n) is 10.2. The van der Waals surface area contributed by atoms with Gasteiger partial charge < -0.3 is 4.90 Å². The highest BCUT2D eigenvalue weighted by atomic mass is 32.2. The van der Waals surface area contributed by atoms with Gasteiger partial charge in [-0.25, -0.2) is 17.1 Å². The molecule has 0 N–H and O–H groups in total. The monoisotopic (exact) mass is 580 g/mol. The van der Waals surface area contributed by atoms with Gasteiger partial charge in [0, 0.05) is 38.5 Å². The van der Waals surface area contributed by atoms with Crippen LogP contribution in [0, 0.1) is 18.7 Å². The van der Waals surface area contributed by atoms with Gasteiger partial charge in [-0.2, -0.15) is 26.3 Å². The molecule has 1 heterocycles. The Kier molecular flexibility index (Phi) is 7.80. The third-order valence-electron chi connectivity index (χ3n) is 7.27. The number of halogens is 7. The molecule has 214 valence electrons. The fraction of sp³-hybridized carbons (Fsp3) is 0.500. The molecule has 0 bridgehead atoms. The maximum absolute atomic E-state index is 13.8. The Morgan fingerprint density at radius 1 is 0.974 bits per heavy atom. The van der Waals surface area contributed by atoms with Gasteiger partial charge in [-0.1, -0.05) is 6.07 Å². The summed E-state index contributed by atoms with van der Waals surface area (Å²) in [5.41, 5.74) is -2.26. The van der Waals surface area contributed by atoms with E-state index in [0.29, 0.717) is 36.1 Å². The molecule has 1 amide bonds. The number of nitrogens with zero attached hydrogens (tertiary/aromatic N) is 2. The fourth-order valence-electron chi connectivity index (χ4n) is 5.14. The molecule has 5 nitrogen and oxygen atoms in total. The Balaban J connectivity index is 1.63. The molecule has 0 aromatic heterocycles. The van der Waals surface area contributed by atoms with Crippen molar-refractivity contribution in [1.29, 1.82) is 0 Å². The number of benzene rings is 2. The molecule has 39 heavy (non-hydrogen) atoms. The van der Waals surface area contributed by atoms with E-state index in [1.165, 1.54) is 29.6 Å². The first-order chi connectivity index (χ1) is 18.0. The summed E-state index contributed by atoms with van der Waals surface area (Å²) in [7, 11) is -2.31. The van der Waals surface area contributed by atoms with Gasteiger partial charge in [-0.05, 0) is 73.2 Å². The van der Waals surface area contributed by atoms with Crippen molar-refractivity contribution >= 4 is 15.9 Å². The molecule has 2 aliphatic rings. The molecule has 2 aromatic carbocycles. The number of carbonyl (C=O) groups excluding carboxylic acids is 1. The van der Waals surface area contributed by atoms with Crippen LogP contribution < -0.4 is 0 Å². The highest BCUT2D eigenvalue weighted by Crippen LogP contribution is 2.41. The predicted octanol–water partition coefficient (Wildman–Crippen LogP) is 5.73. The number of rotatable bonds is 6. The lowest BCUT2D eigenvalue weighted by Crippen LogP contribution is -2.48. The second-order valence-corrected chi connectivity index (χ2v) is 12.4. The van der Waals surface area contributed by atoms with Crippen molar-refractivity contribution < 1.29 is 43.9 Å². The Labute approximate surface area is 221 Å². The molecular weight excluding hydrogens is 553 g/mol. The first-order valence-corrected chi connectivity index (χ1v) is 13.8. The smallest absolute Gasteiger partial charge is 0.341 e. The van der Waals surface area contributed by atoms with Gasteiger partial charge in [-0.15, -0.1) is 0 Å². The lowest BCUT2D eigenvalue weighted by molar-refractivity contribution is -0.143. The van der Waals surface area contributed by atoms with Crippen LogP contribution in [0.5, 0.6) is 0 Å². The van der Waals surface area contributed by atoms with Crippen LogP contribution in [0.3, 0.4) is 0 Å². The minimum absolute atomic E-state index is 0.0225. The lowest BCUT2D eigenvalue weighted by atomic mass is 9.79. The summed E-state index contributed by atoms with van der Waals surface area (Å²) in [6.07, 6.45) is -8.87. The van der Waals surface area contributed by atoms with Gasteiger partial charge in [0.05, 0.1) is 16.4 Å². The topological polar surface area (TPSA) is 57.7 Å². The number of sulfonamides is 1. The zero-order chi connectivity index (χ0) is 28.9. The van der Waals surface area contributed by atoms with Crippen LogP contribution in [-0.4, -0.2) is 48.9 Å². The van der Waals surface area contributed by atoms with E-state index in [0.717, 1.165) is 4.90 Å². The van der Waals surface area contributed by atoms with Gasteiger partial charge in [0.2, 0.25) is 15.9 Å². The van der Waals surface area contributed by atoms with Crippen LogP contribution in [0.1, 0.15) is 53.0 Å². The molecule has 0 radical (unpaired) electrons. The summed E-state index contributed by atoms with van der Waals surface area (Å²) in [6.45, 7) is 1.10. The number of hydrogen-bond acceptors (Lipinski definition) is 3. The first kappa shape index (κ1) is 29.3. The van der Waals surface area contributed by atoms with Crippen molar-refractivity contribution in [3.8, 4) is 0 Å². The minimum atomic E-state index is -5.02. The van der Waals surface area contributed by atoms with E-state index in [-0.39, 0.29) is 31.1 Å². The third-order valence-corrected chi connectivity index (χ3v) is 9.64. The summed E-state index contributed by atoms with van der Waals surface area (Å²) in [6, 6.07) is 5.11. The molecule has 1 aliphatic heterocycles. The molecule has 2 atom stereocenters. The molecule has 1 aliphatic carbocycles. The third kappa shape index (κ3) is 6.40. The van der Waals surface area contributed by atoms with Crippen molar-refractivity contribution in [2.24, 2.45) is 5.92 Å².